The molecule has 1 N–H and O–H groups in total. The number of hydrogen-bond acceptors (Lipinski definition) is 5. The Morgan fingerprint density at radius 3 is 2.27 bits per heavy atom. The minimum atomic E-state index is -4.08. The molecule has 174 valence electrons. The molecule has 0 saturated carbocycles. The zero-order valence-electron chi connectivity index (χ0n) is 18.1. The first kappa shape index (κ1) is 24.9. The fourth-order valence-corrected chi connectivity index (χ4v) is 4.88. The van der Waals surface area contributed by atoms with Gasteiger partial charge >= 0.3 is 0 Å². The van der Waals surface area contributed by atoms with Crippen LogP contribution in [0.4, 0.5) is 11.4 Å². The first-order valence-electron chi connectivity index (χ1n) is 9.72. The zero-order chi connectivity index (χ0) is 24.2. The van der Waals surface area contributed by atoms with Crippen LogP contribution in [0.3, 0.4) is 0 Å². The number of nitrogens with one attached hydrogen (secondary N) is 1. The summed E-state index contributed by atoms with van der Waals surface area (Å²) >= 11 is 9.39. The summed E-state index contributed by atoms with van der Waals surface area (Å²) < 4.78 is 39.3. The lowest BCUT2D eigenvalue weighted by atomic mass is 10.2. The summed E-state index contributed by atoms with van der Waals surface area (Å²) in [5.74, 6) is 0.223. The van der Waals surface area contributed by atoms with Crippen molar-refractivity contribution in [2.45, 2.75) is 11.8 Å². The van der Waals surface area contributed by atoms with Crippen molar-refractivity contribution in [3.8, 4) is 11.5 Å². The molecule has 7 nitrogen and oxygen atoms in total. The molecule has 0 aliphatic rings. The molecule has 0 saturated heterocycles. The van der Waals surface area contributed by atoms with Crippen LogP contribution in [0.15, 0.2) is 70.0 Å². The number of aryl methyl sites for hydroxylation is 1. The van der Waals surface area contributed by atoms with Gasteiger partial charge in [0.05, 0.1) is 29.8 Å². The first-order chi connectivity index (χ1) is 15.6. The van der Waals surface area contributed by atoms with Gasteiger partial charge in [-0.25, -0.2) is 8.42 Å². The number of hydrogen-bond donors (Lipinski definition) is 1. The van der Waals surface area contributed by atoms with E-state index < -0.39 is 22.5 Å². The van der Waals surface area contributed by atoms with E-state index >= 15 is 0 Å². The van der Waals surface area contributed by atoms with Crippen molar-refractivity contribution >= 4 is 54.8 Å². The standard InChI is InChI=1S/C23H22BrClN2O5S/c1-15-4-8-18(9-5-15)33(29,30)27(17-7-11-21(31-2)22(13-17)32-3)14-23(28)26-16-6-10-19(24)20(25)12-16/h4-13H,14H2,1-3H3,(H,26,28). The molecule has 0 aromatic heterocycles. The number of anilines is 2. The Labute approximate surface area is 206 Å². The van der Waals surface area contributed by atoms with Crippen LogP contribution in [-0.4, -0.2) is 35.1 Å². The van der Waals surface area contributed by atoms with E-state index in [9.17, 15) is 13.2 Å². The number of sulfonamides is 1. The third-order valence-electron chi connectivity index (χ3n) is 4.75. The zero-order valence-corrected chi connectivity index (χ0v) is 21.3. The summed E-state index contributed by atoms with van der Waals surface area (Å²) in [7, 11) is -1.14. The van der Waals surface area contributed by atoms with E-state index in [1.807, 2.05) is 6.92 Å². The van der Waals surface area contributed by atoms with Crippen LogP contribution in [0.1, 0.15) is 5.56 Å². The molecule has 0 unspecified atom stereocenters. The molecule has 3 aromatic rings. The SMILES string of the molecule is COc1ccc(N(CC(=O)Nc2ccc(Br)c(Cl)c2)S(=O)(=O)c2ccc(C)cc2)cc1OC. The predicted molar refractivity (Wildman–Crippen MR) is 133 cm³/mol. The van der Waals surface area contributed by atoms with Gasteiger partial charge in [0.15, 0.2) is 11.5 Å². The molecule has 0 spiro atoms. The van der Waals surface area contributed by atoms with Crippen molar-refractivity contribution in [2.24, 2.45) is 0 Å². The van der Waals surface area contributed by atoms with Crippen molar-refractivity contribution in [1.82, 2.24) is 0 Å². The molecule has 3 rings (SSSR count). The van der Waals surface area contributed by atoms with Gasteiger partial charge in [0, 0.05) is 16.2 Å². The molecule has 3 aromatic carbocycles. The average Bonchev–Trinajstić information content (AvgIpc) is 2.79. The first-order valence-corrected chi connectivity index (χ1v) is 12.3. The van der Waals surface area contributed by atoms with E-state index in [0.717, 1.165) is 9.87 Å². The second-order valence-electron chi connectivity index (χ2n) is 7.04. The topological polar surface area (TPSA) is 84.9 Å². The molecule has 0 heterocycles. The Kier molecular flexibility index (Phi) is 7.88. The summed E-state index contributed by atoms with van der Waals surface area (Å²) in [5.41, 5.74) is 1.60. The lowest BCUT2D eigenvalue weighted by Crippen LogP contribution is -2.38. The number of halogens is 2. The van der Waals surface area contributed by atoms with Gasteiger partial charge in [-0.1, -0.05) is 29.3 Å². The van der Waals surface area contributed by atoms with Crippen LogP contribution in [0.5, 0.6) is 11.5 Å². The van der Waals surface area contributed by atoms with Gasteiger partial charge in [0.25, 0.3) is 10.0 Å². The normalized spacial score (nSPS) is 11.1. The van der Waals surface area contributed by atoms with Gasteiger partial charge in [-0.3, -0.25) is 9.10 Å². The van der Waals surface area contributed by atoms with Crippen LogP contribution in [-0.2, 0) is 14.8 Å². The molecule has 0 atom stereocenters. The van der Waals surface area contributed by atoms with E-state index in [-0.39, 0.29) is 10.6 Å². The average molecular weight is 554 g/mol. The van der Waals surface area contributed by atoms with Crippen LogP contribution in [0, 0.1) is 6.92 Å². The van der Waals surface area contributed by atoms with E-state index in [4.69, 9.17) is 21.1 Å². The van der Waals surface area contributed by atoms with E-state index in [0.29, 0.717) is 26.7 Å². The number of carbonyl (C=O) groups is 1. The van der Waals surface area contributed by atoms with Crippen LogP contribution >= 0.6 is 27.5 Å². The quantitative estimate of drug-likeness (QED) is 0.411. The molecule has 0 aliphatic carbocycles. The molecule has 0 bridgehead atoms. The van der Waals surface area contributed by atoms with Gasteiger partial charge in [-0.05, 0) is 65.3 Å². The number of rotatable bonds is 8. The molecule has 0 fully saturated rings. The van der Waals surface area contributed by atoms with Crippen LogP contribution < -0.4 is 19.1 Å². The van der Waals surface area contributed by atoms with E-state index in [1.165, 1.54) is 32.4 Å². The Morgan fingerprint density at radius 1 is 1.00 bits per heavy atom. The third kappa shape index (κ3) is 5.79. The molecule has 10 heteroatoms. The summed E-state index contributed by atoms with van der Waals surface area (Å²) in [6, 6.07) is 16.0. The van der Waals surface area contributed by atoms with Crippen molar-refractivity contribution in [1.29, 1.82) is 0 Å². The van der Waals surface area contributed by atoms with Gasteiger partial charge in [-0.2, -0.15) is 0 Å². The monoisotopic (exact) mass is 552 g/mol. The number of benzene rings is 3. The number of ether oxygens (including phenoxy) is 2. The van der Waals surface area contributed by atoms with Crippen LogP contribution in [0.25, 0.3) is 0 Å². The molecule has 0 aliphatic heterocycles. The smallest absolute Gasteiger partial charge is 0.264 e. The minimum absolute atomic E-state index is 0.0578. The van der Waals surface area contributed by atoms with Gasteiger partial charge in [0.1, 0.15) is 6.54 Å². The van der Waals surface area contributed by atoms with E-state index in [1.54, 1.807) is 42.5 Å². The minimum Gasteiger partial charge on any atom is -0.493 e. The maximum Gasteiger partial charge on any atom is 0.264 e. The van der Waals surface area contributed by atoms with Crippen molar-refractivity contribution in [3.63, 3.8) is 0 Å². The Hall–Kier alpha value is -2.75. The highest BCUT2D eigenvalue weighted by molar-refractivity contribution is 9.10. The van der Waals surface area contributed by atoms with Crippen LogP contribution in [0.2, 0.25) is 5.02 Å². The number of nitrogens with zero attached hydrogens (tertiary/aromatic N) is 1. The fourth-order valence-electron chi connectivity index (χ4n) is 3.04. The highest BCUT2D eigenvalue weighted by atomic mass is 79.9. The number of methoxy groups -OCH3 is 2. The lowest BCUT2D eigenvalue weighted by molar-refractivity contribution is -0.114. The highest BCUT2D eigenvalue weighted by Gasteiger charge is 2.28. The molecule has 1 amide bonds. The molecule has 33 heavy (non-hydrogen) atoms. The molecular formula is C23H22BrClN2O5S. The lowest BCUT2D eigenvalue weighted by Gasteiger charge is -2.25. The van der Waals surface area contributed by atoms with Crippen molar-refractivity contribution < 1.29 is 22.7 Å². The number of carbonyl (C=O) groups excluding carboxylic acids is 1. The van der Waals surface area contributed by atoms with Crippen molar-refractivity contribution in [3.05, 3.63) is 75.7 Å². The predicted octanol–water partition coefficient (Wildman–Crippen LogP) is 5.26. The third-order valence-corrected chi connectivity index (χ3v) is 7.78. The second-order valence-corrected chi connectivity index (χ2v) is 10.2. The molecular weight excluding hydrogens is 532 g/mol. The maximum atomic E-state index is 13.5. The summed E-state index contributed by atoms with van der Waals surface area (Å²) in [6.07, 6.45) is 0. The van der Waals surface area contributed by atoms with Gasteiger partial charge in [0.2, 0.25) is 5.91 Å². The summed E-state index contributed by atoms with van der Waals surface area (Å²) in [6.45, 7) is 1.39. The van der Waals surface area contributed by atoms with E-state index in [2.05, 4.69) is 21.2 Å². The van der Waals surface area contributed by atoms with Gasteiger partial charge < -0.3 is 14.8 Å². The fraction of sp³-hybridized carbons (Fsp3) is 0.174. The summed E-state index contributed by atoms with van der Waals surface area (Å²) in [4.78, 5) is 12.9. The number of amides is 1. The van der Waals surface area contributed by atoms with Gasteiger partial charge in [-0.15, -0.1) is 0 Å². The molecule has 0 radical (unpaired) electrons. The maximum absolute atomic E-state index is 13.5. The Morgan fingerprint density at radius 2 is 1.67 bits per heavy atom. The second kappa shape index (κ2) is 10.5. The van der Waals surface area contributed by atoms with Crippen molar-refractivity contribution in [2.75, 3.05) is 30.4 Å². The highest BCUT2D eigenvalue weighted by Crippen LogP contribution is 2.34. The largest absolute Gasteiger partial charge is 0.493 e. The summed E-state index contributed by atoms with van der Waals surface area (Å²) in [5, 5.41) is 3.10. The Bertz CT molecular complexity index is 1270. The Balaban J connectivity index is 2.00.